The fourth-order valence-corrected chi connectivity index (χ4v) is 5.32. The van der Waals surface area contributed by atoms with Crippen LogP contribution in [0.15, 0.2) is 66.9 Å². The number of hydrogen-bond acceptors (Lipinski definition) is 8. The highest BCUT2D eigenvalue weighted by Gasteiger charge is 2.34. The van der Waals surface area contributed by atoms with E-state index in [0.717, 1.165) is 25.0 Å². The molecule has 0 saturated carbocycles. The van der Waals surface area contributed by atoms with E-state index < -0.39 is 5.76 Å². The van der Waals surface area contributed by atoms with Crippen molar-refractivity contribution in [2.75, 3.05) is 0 Å². The second kappa shape index (κ2) is 7.54. The Kier molecular flexibility index (Phi) is 4.74. The quantitative estimate of drug-likeness (QED) is 0.467. The van der Waals surface area contributed by atoms with E-state index in [1.165, 1.54) is 16.3 Å². The molecule has 7 nitrogen and oxygen atoms in total. The number of amides is 1. The third-order valence-electron chi connectivity index (χ3n) is 4.47. The Morgan fingerprint density at radius 3 is 2.48 bits per heavy atom. The van der Waals surface area contributed by atoms with Gasteiger partial charge in [0.1, 0.15) is 6.54 Å². The first-order chi connectivity index (χ1) is 14.2. The highest BCUT2D eigenvalue weighted by atomic mass is 32.1. The zero-order chi connectivity index (χ0) is 19.8. The number of hydrogen-bond donors (Lipinski definition) is 0. The molecule has 1 aliphatic heterocycles. The first-order valence-electron chi connectivity index (χ1n) is 8.77. The van der Waals surface area contributed by atoms with E-state index in [4.69, 9.17) is 4.42 Å². The van der Waals surface area contributed by atoms with Crippen LogP contribution in [0, 0.1) is 0 Å². The van der Waals surface area contributed by atoms with Gasteiger partial charge in [0.05, 0.1) is 21.5 Å². The number of carbonyl (C=O) groups excluding carboxylic acids is 1. The third-order valence-corrected chi connectivity index (χ3v) is 7.22. The summed E-state index contributed by atoms with van der Waals surface area (Å²) in [6, 6.07) is 11.4. The van der Waals surface area contributed by atoms with E-state index in [9.17, 15) is 9.59 Å². The second-order valence-electron chi connectivity index (χ2n) is 6.31. The minimum absolute atomic E-state index is 0.182. The van der Waals surface area contributed by atoms with Crippen LogP contribution in [0.3, 0.4) is 0 Å². The van der Waals surface area contributed by atoms with Crippen LogP contribution in [-0.4, -0.2) is 26.4 Å². The smallest absolute Gasteiger partial charge is 0.387 e. The largest absolute Gasteiger partial charge is 0.437 e. The number of aromatic nitrogens is 2. The number of rotatable bonds is 5. The minimum Gasteiger partial charge on any atom is -0.387 e. The van der Waals surface area contributed by atoms with Crippen LogP contribution in [0.4, 0.5) is 0 Å². The summed E-state index contributed by atoms with van der Waals surface area (Å²) in [5.74, 6) is -0.740. The second-order valence-corrected chi connectivity index (χ2v) is 9.18. The Bertz CT molecular complexity index is 1200. The summed E-state index contributed by atoms with van der Waals surface area (Å²) in [6.07, 6.45) is 0.640. The van der Waals surface area contributed by atoms with Gasteiger partial charge in [0.2, 0.25) is 0 Å². The average molecular weight is 443 g/mol. The van der Waals surface area contributed by atoms with Crippen LogP contribution < -0.4 is 5.76 Å². The average Bonchev–Trinajstić information content (AvgIpc) is 3.53. The van der Waals surface area contributed by atoms with Crippen molar-refractivity contribution in [2.24, 2.45) is 5.10 Å². The van der Waals surface area contributed by atoms with Crippen molar-refractivity contribution >= 4 is 45.6 Å². The SMILES string of the molecule is O=C(Cn1nc(-c2cccs2)oc1=O)N1N=C(c2cccs2)CC1c1cccs1. The standard InChI is InChI=1S/C19H14N4O3S3/c24-17(11-22-19(25)26-18(21-22)16-6-3-9-29-16)23-13(15-5-2-8-28-15)10-12(20-23)14-4-1-7-27-14/h1-9,13H,10-11H2. The summed E-state index contributed by atoms with van der Waals surface area (Å²) in [5, 5.41) is 16.1. The Labute approximate surface area is 177 Å². The van der Waals surface area contributed by atoms with Crippen LogP contribution in [-0.2, 0) is 11.3 Å². The lowest BCUT2D eigenvalue weighted by Gasteiger charge is -2.20. The molecule has 1 unspecified atom stereocenters. The van der Waals surface area contributed by atoms with Gasteiger partial charge in [0.25, 0.3) is 11.8 Å². The maximum atomic E-state index is 13.1. The molecule has 0 saturated heterocycles. The Balaban J connectivity index is 1.43. The molecule has 0 aromatic carbocycles. The van der Waals surface area contributed by atoms with Crippen molar-refractivity contribution in [3.05, 3.63) is 72.8 Å². The Hall–Kier alpha value is -2.82. The normalized spacial score (nSPS) is 16.3. The van der Waals surface area contributed by atoms with Crippen LogP contribution >= 0.6 is 34.0 Å². The molecule has 0 N–H and O–H groups in total. The van der Waals surface area contributed by atoms with E-state index >= 15 is 0 Å². The summed E-state index contributed by atoms with van der Waals surface area (Å²) in [4.78, 5) is 28.1. The lowest BCUT2D eigenvalue weighted by molar-refractivity contribution is -0.133. The van der Waals surface area contributed by atoms with Crippen LogP contribution in [0.5, 0.6) is 0 Å². The van der Waals surface area contributed by atoms with Gasteiger partial charge in [0.15, 0.2) is 0 Å². The number of carbonyl (C=O) groups is 1. The summed E-state index contributed by atoms with van der Waals surface area (Å²) < 4.78 is 6.26. The van der Waals surface area contributed by atoms with Crippen molar-refractivity contribution in [3.8, 4) is 10.8 Å². The molecule has 1 amide bonds. The van der Waals surface area contributed by atoms with Crippen molar-refractivity contribution in [1.29, 1.82) is 0 Å². The summed E-state index contributed by atoms with van der Waals surface area (Å²) >= 11 is 4.60. The van der Waals surface area contributed by atoms with Crippen LogP contribution in [0.2, 0.25) is 0 Å². The zero-order valence-corrected chi connectivity index (χ0v) is 17.4. The van der Waals surface area contributed by atoms with Gasteiger partial charge in [-0.1, -0.05) is 18.2 Å². The highest BCUT2D eigenvalue weighted by molar-refractivity contribution is 7.13. The maximum absolute atomic E-state index is 13.1. The first-order valence-corrected chi connectivity index (χ1v) is 11.4. The fourth-order valence-electron chi connectivity index (χ4n) is 3.14. The van der Waals surface area contributed by atoms with E-state index in [1.807, 2.05) is 52.5 Å². The molecule has 10 heteroatoms. The predicted molar refractivity (Wildman–Crippen MR) is 113 cm³/mol. The number of nitrogens with zero attached hydrogens (tertiary/aromatic N) is 4. The summed E-state index contributed by atoms with van der Waals surface area (Å²) in [7, 11) is 0. The molecule has 4 aromatic heterocycles. The monoisotopic (exact) mass is 442 g/mol. The third kappa shape index (κ3) is 3.50. The number of thiophene rings is 3. The summed E-state index contributed by atoms with van der Waals surface area (Å²) in [5.41, 5.74) is 0.874. The molecule has 0 bridgehead atoms. The molecule has 0 spiro atoms. The Morgan fingerprint density at radius 2 is 1.79 bits per heavy atom. The van der Waals surface area contributed by atoms with E-state index in [1.54, 1.807) is 22.7 Å². The van der Waals surface area contributed by atoms with Gasteiger partial charge in [-0.3, -0.25) is 4.79 Å². The lowest BCUT2D eigenvalue weighted by Crippen LogP contribution is -2.33. The van der Waals surface area contributed by atoms with Gasteiger partial charge >= 0.3 is 5.76 Å². The Morgan fingerprint density at radius 1 is 1.07 bits per heavy atom. The molecule has 1 atom stereocenters. The van der Waals surface area contributed by atoms with E-state index in [-0.39, 0.29) is 24.4 Å². The van der Waals surface area contributed by atoms with E-state index in [0.29, 0.717) is 6.42 Å². The van der Waals surface area contributed by atoms with Gasteiger partial charge in [0, 0.05) is 11.3 Å². The molecule has 5 rings (SSSR count). The molecule has 0 radical (unpaired) electrons. The van der Waals surface area contributed by atoms with Gasteiger partial charge in [-0.15, -0.1) is 39.1 Å². The molecular weight excluding hydrogens is 428 g/mol. The first kappa shape index (κ1) is 18.2. The maximum Gasteiger partial charge on any atom is 0.437 e. The molecule has 1 aliphatic rings. The molecule has 4 aromatic rings. The molecule has 0 aliphatic carbocycles. The fraction of sp³-hybridized carbons (Fsp3) is 0.158. The van der Waals surface area contributed by atoms with Crippen LogP contribution in [0.25, 0.3) is 10.8 Å². The zero-order valence-electron chi connectivity index (χ0n) is 14.9. The lowest BCUT2D eigenvalue weighted by atomic mass is 10.1. The molecule has 146 valence electrons. The highest BCUT2D eigenvalue weighted by Crippen LogP contribution is 2.36. The van der Waals surface area contributed by atoms with Crippen molar-refractivity contribution in [3.63, 3.8) is 0 Å². The van der Waals surface area contributed by atoms with Gasteiger partial charge in [-0.05, 0) is 34.3 Å². The molecule has 29 heavy (non-hydrogen) atoms. The van der Waals surface area contributed by atoms with Gasteiger partial charge < -0.3 is 4.42 Å². The number of hydrazone groups is 1. The minimum atomic E-state index is -0.656. The summed E-state index contributed by atoms with van der Waals surface area (Å²) in [6.45, 7) is -0.225. The molecule has 5 heterocycles. The van der Waals surface area contributed by atoms with Gasteiger partial charge in [-0.25, -0.2) is 9.80 Å². The molecule has 0 fully saturated rings. The van der Waals surface area contributed by atoms with E-state index in [2.05, 4.69) is 10.2 Å². The van der Waals surface area contributed by atoms with Crippen molar-refractivity contribution in [1.82, 2.24) is 14.8 Å². The van der Waals surface area contributed by atoms with Crippen LogP contribution in [0.1, 0.15) is 22.2 Å². The predicted octanol–water partition coefficient (Wildman–Crippen LogP) is 4.07. The van der Waals surface area contributed by atoms with Crippen molar-refractivity contribution < 1.29 is 9.21 Å². The van der Waals surface area contributed by atoms with Gasteiger partial charge in [-0.2, -0.15) is 9.78 Å². The molecular formula is C19H14N4O3S3. The van der Waals surface area contributed by atoms with Crippen molar-refractivity contribution in [2.45, 2.75) is 19.0 Å². The topological polar surface area (TPSA) is 80.7 Å².